The minimum atomic E-state index is 1.07. The van der Waals surface area contributed by atoms with Crippen molar-refractivity contribution in [3.63, 3.8) is 0 Å². The van der Waals surface area contributed by atoms with E-state index in [4.69, 9.17) is 0 Å². The van der Waals surface area contributed by atoms with Crippen LogP contribution in [0.1, 0.15) is 36.1 Å². The molecule has 0 radical (unpaired) electrons. The summed E-state index contributed by atoms with van der Waals surface area (Å²) in [5.74, 6) is 0. The molecule has 18 heavy (non-hydrogen) atoms. The Bertz CT molecular complexity index is 491. The van der Waals surface area contributed by atoms with Crippen molar-refractivity contribution in [1.82, 2.24) is 4.98 Å². The van der Waals surface area contributed by atoms with Crippen molar-refractivity contribution in [3.05, 3.63) is 65.0 Å². The average Bonchev–Trinajstić information content (AvgIpc) is 2.44. The fraction of sp³-hybridized carbons (Fsp3) is 0.235. The number of nitrogens with zero attached hydrogens (tertiary/aromatic N) is 1. The van der Waals surface area contributed by atoms with Gasteiger partial charge in [0.2, 0.25) is 0 Å². The molecule has 1 aliphatic rings. The van der Waals surface area contributed by atoms with Crippen LogP contribution in [-0.2, 0) is 12.8 Å². The van der Waals surface area contributed by atoms with Gasteiger partial charge in [-0.05, 0) is 41.2 Å². The first-order valence-corrected chi connectivity index (χ1v) is 6.62. The van der Waals surface area contributed by atoms with Crippen LogP contribution in [0.5, 0.6) is 0 Å². The molecule has 0 bridgehead atoms. The first-order valence-electron chi connectivity index (χ1n) is 6.62. The predicted octanol–water partition coefficient (Wildman–Crippen LogP) is 4.38. The lowest BCUT2D eigenvalue weighted by Gasteiger charge is -2.11. The molecule has 0 fully saturated rings. The van der Waals surface area contributed by atoms with E-state index in [0.717, 1.165) is 12.8 Å². The van der Waals surface area contributed by atoms with Gasteiger partial charge in [-0.3, -0.25) is 4.98 Å². The zero-order valence-corrected chi connectivity index (χ0v) is 11.1. The fourth-order valence-corrected chi connectivity index (χ4v) is 2.18. The third-order valence-corrected chi connectivity index (χ3v) is 3.10. The molecule has 3 rings (SSSR count). The minimum Gasteiger partial charge on any atom is -0.264 e. The predicted molar refractivity (Wildman–Crippen MR) is 78.4 cm³/mol. The lowest BCUT2D eigenvalue weighted by molar-refractivity contribution is 0.942. The third kappa shape index (κ3) is 2.67. The normalized spacial score (nSPS) is 14.1. The number of aromatic nitrogens is 1. The SMILES string of the molecule is C1=C\c2ccncc2CCc2ccccc2/1.CC. The Balaban J connectivity index is 0.000000574. The molecule has 92 valence electrons. The van der Waals surface area contributed by atoms with E-state index in [1.54, 1.807) is 0 Å². The standard InChI is InChI=1S/C15H13N.C2H6/c1-2-4-13-7-8-15-11-16-10-9-14(15)6-5-12(13)3-1;1-2/h1-6,9-11H,7-8H2;1-2H3/b6-5-;. The summed E-state index contributed by atoms with van der Waals surface area (Å²) in [7, 11) is 0. The van der Waals surface area contributed by atoms with Crippen LogP contribution in [0.4, 0.5) is 0 Å². The van der Waals surface area contributed by atoms with Crippen molar-refractivity contribution < 1.29 is 0 Å². The summed E-state index contributed by atoms with van der Waals surface area (Å²) in [5, 5.41) is 0. The van der Waals surface area contributed by atoms with Crippen LogP contribution in [0.3, 0.4) is 0 Å². The van der Waals surface area contributed by atoms with E-state index < -0.39 is 0 Å². The van der Waals surface area contributed by atoms with Crippen LogP contribution in [0.25, 0.3) is 12.2 Å². The molecule has 0 aliphatic heterocycles. The molecule has 1 nitrogen and oxygen atoms in total. The summed E-state index contributed by atoms with van der Waals surface area (Å²) in [6.07, 6.45) is 10.4. The van der Waals surface area contributed by atoms with E-state index in [2.05, 4.69) is 47.5 Å². The van der Waals surface area contributed by atoms with Crippen molar-refractivity contribution in [2.75, 3.05) is 0 Å². The maximum atomic E-state index is 4.19. The number of hydrogen-bond acceptors (Lipinski definition) is 1. The molecule has 1 heterocycles. The number of benzene rings is 1. The highest BCUT2D eigenvalue weighted by Crippen LogP contribution is 2.21. The van der Waals surface area contributed by atoms with Crippen molar-refractivity contribution in [3.8, 4) is 0 Å². The number of rotatable bonds is 0. The van der Waals surface area contributed by atoms with Gasteiger partial charge in [-0.2, -0.15) is 0 Å². The fourth-order valence-electron chi connectivity index (χ4n) is 2.18. The summed E-state index contributed by atoms with van der Waals surface area (Å²) in [6, 6.07) is 10.7. The lowest BCUT2D eigenvalue weighted by Crippen LogP contribution is -1.99. The summed E-state index contributed by atoms with van der Waals surface area (Å²) >= 11 is 0. The van der Waals surface area contributed by atoms with Gasteiger partial charge in [-0.25, -0.2) is 0 Å². The maximum absolute atomic E-state index is 4.19. The Labute approximate surface area is 109 Å². The minimum absolute atomic E-state index is 1.07. The lowest BCUT2D eigenvalue weighted by atomic mass is 9.94. The topological polar surface area (TPSA) is 12.9 Å². The van der Waals surface area contributed by atoms with Gasteiger partial charge in [0.05, 0.1) is 0 Å². The molecule has 1 aromatic heterocycles. The van der Waals surface area contributed by atoms with E-state index in [9.17, 15) is 0 Å². The van der Waals surface area contributed by atoms with Gasteiger partial charge >= 0.3 is 0 Å². The smallest absolute Gasteiger partial charge is 0.0305 e. The second kappa shape index (κ2) is 6.15. The monoisotopic (exact) mass is 237 g/mol. The number of hydrogen-bond donors (Lipinski definition) is 0. The van der Waals surface area contributed by atoms with Crippen LogP contribution < -0.4 is 0 Å². The summed E-state index contributed by atoms with van der Waals surface area (Å²) in [6.45, 7) is 4.00. The Hall–Kier alpha value is -1.89. The van der Waals surface area contributed by atoms with Gasteiger partial charge in [0.15, 0.2) is 0 Å². The quantitative estimate of drug-likeness (QED) is 0.662. The largest absolute Gasteiger partial charge is 0.264 e. The van der Waals surface area contributed by atoms with E-state index in [0.29, 0.717) is 0 Å². The molecule has 0 saturated carbocycles. The van der Waals surface area contributed by atoms with E-state index in [-0.39, 0.29) is 0 Å². The van der Waals surface area contributed by atoms with Gasteiger partial charge in [0, 0.05) is 12.4 Å². The molecular formula is C17H19N. The molecule has 0 atom stereocenters. The van der Waals surface area contributed by atoms with Crippen molar-refractivity contribution in [2.45, 2.75) is 26.7 Å². The molecule has 0 unspecified atom stereocenters. The maximum Gasteiger partial charge on any atom is 0.0305 e. The van der Waals surface area contributed by atoms with Gasteiger partial charge in [0.1, 0.15) is 0 Å². The Morgan fingerprint density at radius 3 is 2.33 bits per heavy atom. The van der Waals surface area contributed by atoms with Crippen molar-refractivity contribution in [2.24, 2.45) is 0 Å². The molecule has 1 aromatic carbocycles. The van der Waals surface area contributed by atoms with E-state index in [1.165, 1.54) is 22.3 Å². The van der Waals surface area contributed by atoms with Gasteiger partial charge < -0.3 is 0 Å². The highest BCUT2D eigenvalue weighted by Gasteiger charge is 2.06. The Morgan fingerprint density at radius 2 is 1.50 bits per heavy atom. The molecule has 2 aromatic rings. The second-order valence-corrected chi connectivity index (χ2v) is 4.11. The van der Waals surface area contributed by atoms with Crippen molar-refractivity contribution >= 4 is 12.2 Å². The molecule has 0 spiro atoms. The molecular weight excluding hydrogens is 218 g/mol. The Morgan fingerprint density at radius 1 is 0.833 bits per heavy atom. The number of fused-ring (bicyclic) bond motifs is 2. The summed E-state index contributed by atoms with van der Waals surface area (Å²) in [5.41, 5.74) is 5.40. The number of aryl methyl sites for hydroxylation is 2. The zero-order valence-electron chi connectivity index (χ0n) is 11.1. The summed E-state index contributed by atoms with van der Waals surface area (Å²) in [4.78, 5) is 4.19. The Kier molecular flexibility index (Phi) is 4.30. The highest BCUT2D eigenvalue weighted by atomic mass is 14.6. The number of pyridine rings is 1. The molecule has 0 saturated heterocycles. The average molecular weight is 237 g/mol. The van der Waals surface area contributed by atoms with Gasteiger partial charge in [-0.1, -0.05) is 50.3 Å². The summed E-state index contributed by atoms with van der Waals surface area (Å²) < 4.78 is 0. The van der Waals surface area contributed by atoms with Crippen LogP contribution >= 0.6 is 0 Å². The van der Waals surface area contributed by atoms with E-state index in [1.807, 2.05) is 26.2 Å². The van der Waals surface area contributed by atoms with Crippen LogP contribution in [-0.4, -0.2) is 4.98 Å². The highest BCUT2D eigenvalue weighted by molar-refractivity contribution is 5.73. The first kappa shape index (κ1) is 12.6. The second-order valence-electron chi connectivity index (χ2n) is 4.11. The molecule has 1 aliphatic carbocycles. The van der Waals surface area contributed by atoms with Crippen molar-refractivity contribution in [1.29, 1.82) is 0 Å². The van der Waals surface area contributed by atoms with E-state index >= 15 is 0 Å². The molecule has 0 amide bonds. The van der Waals surface area contributed by atoms with Gasteiger partial charge in [0.25, 0.3) is 0 Å². The third-order valence-electron chi connectivity index (χ3n) is 3.10. The zero-order chi connectivity index (χ0) is 12.8. The molecule has 1 heteroatoms. The van der Waals surface area contributed by atoms with Crippen LogP contribution in [0.15, 0.2) is 42.7 Å². The first-order chi connectivity index (χ1) is 8.93. The van der Waals surface area contributed by atoms with Gasteiger partial charge in [-0.15, -0.1) is 0 Å². The van der Waals surface area contributed by atoms with Crippen LogP contribution in [0, 0.1) is 0 Å². The van der Waals surface area contributed by atoms with Crippen LogP contribution in [0.2, 0.25) is 0 Å². The molecule has 0 N–H and O–H groups in total.